The maximum atomic E-state index is 14.2. The lowest BCUT2D eigenvalue weighted by molar-refractivity contribution is 0.254. The zero-order chi connectivity index (χ0) is 15.0. The third kappa shape index (κ3) is 2.63. The molecule has 3 rings (SSSR count). The van der Waals surface area contributed by atoms with Crippen LogP contribution in [-0.2, 0) is 6.42 Å². The molecule has 0 fully saturated rings. The smallest absolute Gasteiger partial charge is 0.129 e. The second-order valence-electron chi connectivity index (χ2n) is 5.36. The molecule has 0 radical (unpaired) electrons. The molecule has 0 bridgehead atoms. The summed E-state index contributed by atoms with van der Waals surface area (Å²) >= 11 is 6.19. The van der Waals surface area contributed by atoms with E-state index in [1.807, 2.05) is 19.1 Å². The SMILES string of the molecule is CNC(c1ccc2c(c1)CC(C)O2)c1c(F)cccc1Cl. The molecule has 110 valence electrons. The van der Waals surface area contributed by atoms with E-state index in [9.17, 15) is 4.39 Å². The van der Waals surface area contributed by atoms with Gasteiger partial charge in [0.2, 0.25) is 0 Å². The Labute approximate surface area is 128 Å². The van der Waals surface area contributed by atoms with Crippen molar-refractivity contribution in [1.82, 2.24) is 5.32 Å². The molecule has 0 saturated carbocycles. The molecule has 2 atom stereocenters. The van der Waals surface area contributed by atoms with Crippen molar-refractivity contribution in [1.29, 1.82) is 0 Å². The summed E-state index contributed by atoms with van der Waals surface area (Å²) < 4.78 is 19.9. The molecule has 0 aliphatic carbocycles. The summed E-state index contributed by atoms with van der Waals surface area (Å²) in [6.45, 7) is 2.04. The molecule has 0 aromatic heterocycles. The first-order chi connectivity index (χ1) is 10.1. The second kappa shape index (κ2) is 5.66. The molecule has 0 amide bonds. The highest BCUT2D eigenvalue weighted by Gasteiger charge is 2.23. The van der Waals surface area contributed by atoms with Crippen LogP contribution in [-0.4, -0.2) is 13.2 Å². The Kier molecular flexibility index (Phi) is 3.87. The summed E-state index contributed by atoms with van der Waals surface area (Å²) in [6, 6.07) is 10.5. The van der Waals surface area contributed by atoms with Gasteiger partial charge in [-0.1, -0.05) is 29.8 Å². The Morgan fingerprint density at radius 3 is 2.86 bits per heavy atom. The Morgan fingerprint density at radius 2 is 2.14 bits per heavy atom. The molecule has 2 nitrogen and oxygen atoms in total. The van der Waals surface area contributed by atoms with Crippen LogP contribution in [0.5, 0.6) is 5.75 Å². The molecular weight excluding hydrogens is 289 g/mol. The van der Waals surface area contributed by atoms with Gasteiger partial charge >= 0.3 is 0 Å². The highest BCUT2D eigenvalue weighted by Crippen LogP contribution is 2.35. The van der Waals surface area contributed by atoms with Crippen LogP contribution in [0.1, 0.15) is 29.7 Å². The summed E-state index contributed by atoms with van der Waals surface area (Å²) in [4.78, 5) is 0. The Morgan fingerprint density at radius 1 is 1.33 bits per heavy atom. The van der Waals surface area contributed by atoms with Crippen molar-refractivity contribution >= 4 is 11.6 Å². The molecule has 1 aliphatic heterocycles. The van der Waals surface area contributed by atoms with Crippen LogP contribution in [0.15, 0.2) is 36.4 Å². The van der Waals surface area contributed by atoms with E-state index in [1.165, 1.54) is 6.07 Å². The van der Waals surface area contributed by atoms with Crippen molar-refractivity contribution in [2.24, 2.45) is 0 Å². The summed E-state index contributed by atoms with van der Waals surface area (Å²) in [5, 5.41) is 3.58. The van der Waals surface area contributed by atoms with Gasteiger partial charge in [0.05, 0.1) is 6.04 Å². The molecule has 0 saturated heterocycles. The van der Waals surface area contributed by atoms with Crippen molar-refractivity contribution in [3.05, 3.63) is 63.9 Å². The number of rotatable bonds is 3. The first-order valence-corrected chi connectivity index (χ1v) is 7.38. The van der Waals surface area contributed by atoms with Crippen LogP contribution in [0.25, 0.3) is 0 Å². The minimum absolute atomic E-state index is 0.195. The zero-order valence-corrected chi connectivity index (χ0v) is 12.7. The lowest BCUT2D eigenvalue weighted by Crippen LogP contribution is -2.19. The van der Waals surface area contributed by atoms with Crippen LogP contribution >= 0.6 is 11.6 Å². The van der Waals surface area contributed by atoms with Gasteiger partial charge in [-0.2, -0.15) is 0 Å². The van der Waals surface area contributed by atoms with Crippen LogP contribution < -0.4 is 10.1 Å². The van der Waals surface area contributed by atoms with Gasteiger partial charge in [0.1, 0.15) is 17.7 Å². The van der Waals surface area contributed by atoms with Gasteiger partial charge in [-0.25, -0.2) is 4.39 Å². The summed E-state index contributed by atoms with van der Waals surface area (Å²) in [5.74, 6) is 0.618. The van der Waals surface area contributed by atoms with E-state index in [1.54, 1.807) is 19.2 Å². The van der Waals surface area contributed by atoms with Gasteiger partial charge in [-0.05, 0) is 43.3 Å². The van der Waals surface area contributed by atoms with Gasteiger partial charge in [-0.15, -0.1) is 0 Å². The predicted molar refractivity (Wildman–Crippen MR) is 82.5 cm³/mol. The largest absolute Gasteiger partial charge is 0.490 e. The van der Waals surface area contributed by atoms with Crippen LogP contribution in [0.2, 0.25) is 5.02 Å². The van der Waals surface area contributed by atoms with Crippen LogP contribution in [0.3, 0.4) is 0 Å². The first-order valence-electron chi connectivity index (χ1n) is 7.01. The van der Waals surface area contributed by atoms with E-state index in [0.29, 0.717) is 10.6 Å². The average molecular weight is 306 g/mol. The fraction of sp³-hybridized carbons (Fsp3) is 0.294. The van der Waals surface area contributed by atoms with Crippen molar-refractivity contribution < 1.29 is 9.13 Å². The number of ether oxygens (including phenoxy) is 1. The molecule has 2 unspecified atom stereocenters. The predicted octanol–water partition coefficient (Wildman–Crippen LogP) is 4.11. The number of fused-ring (bicyclic) bond motifs is 1. The summed E-state index contributed by atoms with van der Waals surface area (Å²) in [6.07, 6.45) is 1.07. The molecule has 1 N–H and O–H groups in total. The second-order valence-corrected chi connectivity index (χ2v) is 5.76. The van der Waals surface area contributed by atoms with E-state index in [2.05, 4.69) is 11.4 Å². The van der Waals surface area contributed by atoms with Crippen LogP contribution in [0.4, 0.5) is 4.39 Å². The monoisotopic (exact) mass is 305 g/mol. The maximum absolute atomic E-state index is 14.2. The fourth-order valence-corrected chi connectivity index (χ4v) is 3.16. The Bertz CT molecular complexity index is 654. The highest BCUT2D eigenvalue weighted by atomic mass is 35.5. The van der Waals surface area contributed by atoms with Gasteiger partial charge in [-0.3, -0.25) is 0 Å². The molecule has 0 spiro atoms. The minimum atomic E-state index is -0.299. The number of benzene rings is 2. The van der Waals surface area contributed by atoms with E-state index in [4.69, 9.17) is 16.3 Å². The molecule has 1 aliphatic rings. The normalized spacial score (nSPS) is 18.2. The first kappa shape index (κ1) is 14.4. The van der Waals surface area contributed by atoms with E-state index < -0.39 is 0 Å². The molecular formula is C17H17ClFNO. The van der Waals surface area contributed by atoms with E-state index in [0.717, 1.165) is 23.3 Å². The van der Waals surface area contributed by atoms with Crippen molar-refractivity contribution in [2.75, 3.05) is 7.05 Å². The van der Waals surface area contributed by atoms with Crippen molar-refractivity contribution in [2.45, 2.75) is 25.5 Å². The standard InChI is InChI=1S/C17H17ClFNO/c1-10-8-12-9-11(6-7-15(12)21-10)17(20-2)16-13(18)4-3-5-14(16)19/h3-7,9-10,17,20H,8H2,1-2H3. The molecule has 2 aromatic rings. The topological polar surface area (TPSA) is 21.3 Å². The zero-order valence-electron chi connectivity index (χ0n) is 12.0. The number of halogens is 2. The molecule has 2 aromatic carbocycles. The molecule has 21 heavy (non-hydrogen) atoms. The van der Waals surface area contributed by atoms with E-state index in [-0.39, 0.29) is 18.0 Å². The van der Waals surface area contributed by atoms with Gasteiger partial charge < -0.3 is 10.1 Å². The Balaban J connectivity index is 2.04. The lowest BCUT2D eigenvalue weighted by atomic mass is 9.95. The molecule has 4 heteroatoms. The van der Waals surface area contributed by atoms with Gasteiger partial charge in [0.25, 0.3) is 0 Å². The van der Waals surface area contributed by atoms with Crippen LogP contribution in [0, 0.1) is 5.82 Å². The highest BCUT2D eigenvalue weighted by molar-refractivity contribution is 6.31. The lowest BCUT2D eigenvalue weighted by Gasteiger charge is -2.20. The third-order valence-corrected chi connectivity index (χ3v) is 4.16. The summed E-state index contributed by atoms with van der Waals surface area (Å²) in [7, 11) is 1.81. The molecule has 1 heterocycles. The number of hydrogen-bond donors (Lipinski definition) is 1. The number of hydrogen-bond acceptors (Lipinski definition) is 2. The fourth-order valence-electron chi connectivity index (χ4n) is 2.89. The maximum Gasteiger partial charge on any atom is 0.129 e. The summed E-state index contributed by atoms with van der Waals surface area (Å²) in [5.41, 5.74) is 2.63. The van der Waals surface area contributed by atoms with Crippen molar-refractivity contribution in [3.8, 4) is 5.75 Å². The Hall–Kier alpha value is -1.58. The average Bonchev–Trinajstić information content (AvgIpc) is 2.82. The third-order valence-electron chi connectivity index (χ3n) is 3.83. The van der Waals surface area contributed by atoms with Crippen molar-refractivity contribution in [3.63, 3.8) is 0 Å². The number of nitrogens with one attached hydrogen (secondary N) is 1. The van der Waals surface area contributed by atoms with E-state index >= 15 is 0 Å². The minimum Gasteiger partial charge on any atom is -0.490 e. The van der Waals surface area contributed by atoms with Gasteiger partial charge in [0, 0.05) is 17.0 Å². The quantitative estimate of drug-likeness (QED) is 0.921. The van der Waals surface area contributed by atoms with Gasteiger partial charge in [0.15, 0.2) is 0 Å².